The third-order valence-electron chi connectivity index (χ3n) is 1.69. The highest BCUT2D eigenvalue weighted by Gasteiger charge is 2.08. The first-order chi connectivity index (χ1) is 6.15. The normalized spacial score (nSPS) is 9.92. The third-order valence-corrected chi connectivity index (χ3v) is 1.69. The van der Waals surface area contributed by atoms with Crippen LogP contribution in [0.4, 0.5) is 0 Å². The molecule has 1 aromatic rings. The number of carboxylic acids is 1. The average Bonchev–Trinajstić information content (AvgIpc) is 2.04. The van der Waals surface area contributed by atoms with Gasteiger partial charge in [0, 0.05) is 6.61 Å². The zero-order valence-corrected chi connectivity index (χ0v) is 6.90. The van der Waals surface area contributed by atoms with Gasteiger partial charge >= 0.3 is 5.97 Å². The summed E-state index contributed by atoms with van der Waals surface area (Å²) in [6.07, 6.45) is 0.410. The summed E-state index contributed by atoms with van der Waals surface area (Å²) in [6, 6.07) is 4.24. The van der Waals surface area contributed by atoms with E-state index in [9.17, 15) is 9.90 Å². The second kappa shape index (κ2) is 3.91. The number of aliphatic hydroxyl groups is 1. The molecular weight excluding hydrogens is 172 g/mol. The van der Waals surface area contributed by atoms with Crippen molar-refractivity contribution in [1.29, 1.82) is 0 Å². The smallest absolute Gasteiger partial charge is 0.339 e. The van der Waals surface area contributed by atoms with E-state index in [1.54, 1.807) is 6.07 Å². The number of hydrogen-bond acceptors (Lipinski definition) is 3. The predicted molar refractivity (Wildman–Crippen MR) is 45.9 cm³/mol. The van der Waals surface area contributed by atoms with E-state index in [4.69, 9.17) is 10.2 Å². The summed E-state index contributed by atoms with van der Waals surface area (Å²) in [5.74, 6) is -1.42. The fourth-order valence-corrected chi connectivity index (χ4v) is 1.04. The molecule has 3 N–H and O–H groups in total. The quantitative estimate of drug-likeness (QED) is 0.640. The van der Waals surface area contributed by atoms with E-state index in [2.05, 4.69) is 0 Å². The molecule has 0 bridgehead atoms. The molecule has 0 unspecified atom stereocenters. The second-order valence-corrected chi connectivity index (χ2v) is 2.63. The lowest BCUT2D eigenvalue weighted by molar-refractivity contribution is 0.0694. The van der Waals surface area contributed by atoms with Crippen molar-refractivity contribution in [3.63, 3.8) is 0 Å². The fraction of sp³-hybridized carbons (Fsp3) is 0.222. The van der Waals surface area contributed by atoms with Crippen LogP contribution >= 0.6 is 0 Å². The van der Waals surface area contributed by atoms with Crippen molar-refractivity contribution in [2.75, 3.05) is 6.61 Å². The Kier molecular flexibility index (Phi) is 2.87. The van der Waals surface area contributed by atoms with Crippen LogP contribution in [-0.4, -0.2) is 27.9 Å². The van der Waals surface area contributed by atoms with Gasteiger partial charge in [0.1, 0.15) is 11.3 Å². The number of benzene rings is 1. The maximum Gasteiger partial charge on any atom is 0.339 e. The molecule has 0 heterocycles. The minimum atomic E-state index is -1.16. The fourth-order valence-electron chi connectivity index (χ4n) is 1.04. The Balaban J connectivity index is 2.98. The van der Waals surface area contributed by atoms with Crippen LogP contribution in [0.15, 0.2) is 18.2 Å². The molecular formula is C9H10O4. The van der Waals surface area contributed by atoms with E-state index >= 15 is 0 Å². The Morgan fingerprint density at radius 2 is 2.08 bits per heavy atom. The molecule has 1 rings (SSSR count). The molecule has 4 heteroatoms. The van der Waals surface area contributed by atoms with E-state index in [0.29, 0.717) is 12.0 Å². The Morgan fingerprint density at radius 1 is 1.38 bits per heavy atom. The van der Waals surface area contributed by atoms with Gasteiger partial charge in [-0.2, -0.15) is 0 Å². The lowest BCUT2D eigenvalue weighted by atomic mass is 10.1. The van der Waals surface area contributed by atoms with E-state index in [-0.39, 0.29) is 17.9 Å². The van der Waals surface area contributed by atoms with Crippen molar-refractivity contribution in [2.45, 2.75) is 6.42 Å². The predicted octanol–water partition coefficient (Wildman–Crippen LogP) is 0.625. The average molecular weight is 182 g/mol. The van der Waals surface area contributed by atoms with Crippen molar-refractivity contribution in [3.05, 3.63) is 29.3 Å². The van der Waals surface area contributed by atoms with Crippen molar-refractivity contribution in [2.24, 2.45) is 0 Å². The molecule has 1 aromatic carbocycles. The van der Waals surface area contributed by atoms with Gasteiger partial charge in [-0.1, -0.05) is 6.07 Å². The Hall–Kier alpha value is -1.55. The van der Waals surface area contributed by atoms with Crippen LogP contribution in [0.2, 0.25) is 0 Å². The number of phenols is 1. The zero-order chi connectivity index (χ0) is 9.84. The van der Waals surface area contributed by atoms with Gasteiger partial charge in [-0.05, 0) is 24.1 Å². The molecule has 0 radical (unpaired) electrons. The molecule has 0 amide bonds. The summed E-state index contributed by atoms with van der Waals surface area (Å²) in [5.41, 5.74) is 0.590. The van der Waals surface area contributed by atoms with Gasteiger partial charge in [0.05, 0.1) is 0 Å². The molecule has 0 aliphatic carbocycles. The van der Waals surface area contributed by atoms with E-state index in [1.165, 1.54) is 12.1 Å². The minimum Gasteiger partial charge on any atom is -0.507 e. The number of aromatic hydroxyl groups is 1. The first-order valence-corrected chi connectivity index (χ1v) is 3.81. The highest BCUT2D eigenvalue weighted by Crippen LogP contribution is 2.18. The summed E-state index contributed by atoms with van der Waals surface area (Å²) in [5, 5.41) is 26.4. The van der Waals surface area contributed by atoms with Crippen molar-refractivity contribution in [1.82, 2.24) is 0 Å². The summed E-state index contributed by atoms with van der Waals surface area (Å²) in [4.78, 5) is 10.5. The second-order valence-electron chi connectivity index (χ2n) is 2.63. The van der Waals surface area contributed by atoms with Crippen LogP contribution in [0.3, 0.4) is 0 Å². The number of rotatable bonds is 3. The summed E-state index contributed by atoms with van der Waals surface area (Å²) < 4.78 is 0. The summed E-state index contributed by atoms with van der Waals surface area (Å²) >= 11 is 0. The number of aliphatic hydroxyl groups excluding tert-OH is 1. The minimum absolute atomic E-state index is 0.0220. The van der Waals surface area contributed by atoms with Crippen LogP contribution in [0.25, 0.3) is 0 Å². The molecule has 0 atom stereocenters. The molecule has 0 spiro atoms. The number of hydrogen-bond donors (Lipinski definition) is 3. The van der Waals surface area contributed by atoms with Crippen molar-refractivity contribution >= 4 is 5.97 Å². The highest BCUT2D eigenvalue weighted by atomic mass is 16.4. The van der Waals surface area contributed by atoms with Crippen LogP contribution < -0.4 is 0 Å². The first kappa shape index (κ1) is 9.54. The number of carbonyl (C=O) groups is 1. The van der Waals surface area contributed by atoms with E-state index in [0.717, 1.165) is 0 Å². The van der Waals surface area contributed by atoms with Gasteiger partial charge in [0.25, 0.3) is 0 Å². The van der Waals surface area contributed by atoms with Gasteiger partial charge in [-0.15, -0.1) is 0 Å². The highest BCUT2D eigenvalue weighted by molar-refractivity contribution is 5.90. The zero-order valence-electron chi connectivity index (χ0n) is 6.90. The molecule has 70 valence electrons. The number of carboxylic acid groups (broad SMARTS) is 1. The Morgan fingerprint density at radius 3 is 2.54 bits per heavy atom. The third kappa shape index (κ3) is 2.19. The first-order valence-electron chi connectivity index (χ1n) is 3.81. The monoisotopic (exact) mass is 182 g/mol. The molecule has 0 aliphatic heterocycles. The molecule has 13 heavy (non-hydrogen) atoms. The number of aromatic carboxylic acids is 1. The van der Waals surface area contributed by atoms with Crippen LogP contribution in [0, 0.1) is 0 Å². The van der Waals surface area contributed by atoms with Gasteiger partial charge < -0.3 is 15.3 Å². The van der Waals surface area contributed by atoms with Gasteiger partial charge in [0.2, 0.25) is 0 Å². The molecule has 0 aliphatic rings. The lowest BCUT2D eigenvalue weighted by Gasteiger charge is -2.02. The van der Waals surface area contributed by atoms with Crippen LogP contribution in [0.1, 0.15) is 15.9 Å². The molecule has 0 fully saturated rings. The van der Waals surface area contributed by atoms with Crippen LogP contribution in [-0.2, 0) is 6.42 Å². The van der Waals surface area contributed by atoms with Crippen molar-refractivity contribution in [3.8, 4) is 5.75 Å². The van der Waals surface area contributed by atoms with Crippen molar-refractivity contribution < 1.29 is 20.1 Å². The molecule has 0 saturated heterocycles. The lowest BCUT2D eigenvalue weighted by Crippen LogP contribution is -1.98. The topological polar surface area (TPSA) is 77.8 Å². The SMILES string of the molecule is O=C(O)c1ccc(CCO)cc1O. The molecule has 4 nitrogen and oxygen atoms in total. The Labute approximate surface area is 75.1 Å². The largest absolute Gasteiger partial charge is 0.507 e. The van der Waals surface area contributed by atoms with Crippen LogP contribution in [0.5, 0.6) is 5.75 Å². The molecule has 0 saturated carbocycles. The summed E-state index contributed by atoms with van der Waals surface area (Å²) in [6.45, 7) is -0.0220. The van der Waals surface area contributed by atoms with Gasteiger partial charge in [-0.25, -0.2) is 4.79 Å². The maximum atomic E-state index is 10.5. The van der Waals surface area contributed by atoms with Gasteiger partial charge in [-0.3, -0.25) is 0 Å². The van der Waals surface area contributed by atoms with Gasteiger partial charge in [0.15, 0.2) is 0 Å². The Bertz CT molecular complexity index is 319. The van der Waals surface area contributed by atoms with E-state index in [1.807, 2.05) is 0 Å². The molecule has 0 aromatic heterocycles. The summed E-state index contributed by atoms with van der Waals surface area (Å²) in [7, 11) is 0. The maximum absolute atomic E-state index is 10.5. The van der Waals surface area contributed by atoms with E-state index < -0.39 is 5.97 Å². The standard InChI is InChI=1S/C9H10O4/c10-4-3-6-1-2-7(9(12)13)8(11)5-6/h1-2,5,10-11H,3-4H2,(H,12,13).